The molecule has 1 aromatic rings. The Bertz CT molecular complexity index is 429. The Hall–Kier alpha value is -0.560. The van der Waals surface area contributed by atoms with Gasteiger partial charge >= 0.3 is 12.1 Å². The van der Waals surface area contributed by atoms with E-state index >= 15 is 0 Å². The zero-order valence-corrected chi connectivity index (χ0v) is 10.3. The molecule has 16 heavy (non-hydrogen) atoms. The van der Waals surface area contributed by atoms with Gasteiger partial charge in [0.05, 0.1) is 9.83 Å². The van der Waals surface area contributed by atoms with Crippen LogP contribution in [0.4, 0.5) is 13.2 Å². The molecular weight excluding hydrogens is 307 g/mol. The molecule has 0 bridgehead atoms. The second kappa shape index (κ2) is 4.03. The predicted molar refractivity (Wildman–Crippen MR) is 57.3 cm³/mol. The van der Waals surface area contributed by atoms with Crippen LogP contribution in [0.15, 0.2) is 9.85 Å². The van der Waals surface area contributed by atoms with Crippen molar-refractivity contribution in [3.8, 4) is 0 Å². The van der Waals surface area contributed by atoms with E-state index in [0.717, 1.165) is 14.2 Å². The number of thiophene rings is 1. The molecule has 0 saturated heterocycles. The van der Waals surface area contributed by atoms with E-state index < -0.39 is 18.1 Å². The molecule has 1 amide bonds. The van der Waals surface area contributed by atoms with Crippen molar-refractivity contribution in [2.24, 2.45) is 0 Å². The van der Waals surface area contributed by atoms with Gasteiger partial charge in [-0.15, -0.1) is 11.3 Å². The van der Waals surface area contributed by atoms with E-state index in [2.05, 4.69) is 15.9 Å². The molecule has 0 spiro atoms. The van der Waals surface area contributed by atoms with Gasteiger partial charge < -0.3 is 5.32 Å². The Morgan fingerprint density at radius 1 is 1.56 bits per heavy atom. The molecule has 0 aromatic carbocycles. The number of fused-ring (bicyclic) bond motifs is 1. The van der Waals surface area contributed by atoms with Crippen LogP contribution in [0, 0.1) is 0 Å². The summed E-state index contributed by atoms with van der Waals surface area (Å²) in [5.41, 5.74) is 0.800. The first-order valence-electron chi connectivity index (χ1n) is 4.53. The van der Waals surface area contributed by atoms with Crippen LogP contribution in [-0.4, -0.2) is 12.1 Å². The molecule has 1 atom stereocenters. The van der Waals surface area contributed by atoms with Gasteiger partial charge in [0, 0.05) is 4.88 Å². The fourth-order valence-corrected chi connectivity index (χ4v) is 3.51. The molecule has 1 aromatic heterocycles. The van der Waals surface area contributed by atoms with Crippen molar-refractivity contribution in [1.29, 1.82) is 0 Å². The number of aryl methyl sites for hydroxylation is 1. The Kier molecular flexibility index (Phi) is 3.00. The van der Waals surface area contributed by atoms with Gasteiger partial charge in [-0.05, 0) is 40.4 Å². The summed E-state index contributed by atoms with van der Waals surface area (Å²) in [5, 5.41) is 2.01. The third kappa shape index (κ3) is 2.24. The van der Waals surface area contributed by atoms with Crippen molar-refractivity contribution in [1.82, 2.24) is 5.32 Å². The lowest BCUT2D eigenvalue weighted by atomic mass is 10.2. The lowest BCUT2D eigenvalue weighted by molar-refractivity contribution is -0.174. The number of alkyl halides is 3. The summed E-state index contributed by atoms with van der Waals surface area (Å²) in [6.07, 6.45) is -3.55. The fourth-order valence-electron chi connectivity index (χ4n) is 1.72. The molecule has 1 N–H and O–H groups in total. The van der Waals surface area contributed by atoms with E-state index in [0.29, 0.717) is 12.8 Å². The van der Waals surface area contributed by atoms with Crippen LogP contribution in [-0.2, 0) is 11.2 Å². The first kappa shape index (κ1) is 11.9. The number of hydrogen-bond donors (Lipinski definition) is 1. The van der Waals surface area contributed by atoms with Crippen molar-refractivity contribution >= 4 is 33.2 Å². The van der Waals surface area contributed by atoms with Gasteiger partial charge in [0.25, 0.3) is 0 Å². The summed E-state index contributed by atoms with van der Waals surface area (Å²) in [6.45, 7) is 0. The lowest BCUT2D eigenvalue weighted by Crippen LogP contribution is -2.38. The van der Waals surface area contributed by atoms with E-state index in [9.17, 15) is 18.0 Å². The van der Waals surface area contributed by atoms with Crippen LogP contribution >= 0.6 is 27.3 Å². The van der Waals surface area contributed by atoms with Crippen molar-refractivity contribution < 1.29 is 18.0 Å². The summed E-state index contributed by atoms with van der Waals surface area (Å²) in [7, 11) is 0. The molecule has 1 aliphatic carbocycles. The van der Waals surface area contributed by atoms with Gasteiger partial charge in [0.1, 0.15) is 0 Å². The highest BCUT2D eigenvalue weighted by Gasteiger charge is 2.41. The topological polar surface area (TPSA) is 29.1 Å². The summed E-state index contributed by atoms with van der Waals surface area (Å²) in [6, 6.07) is 1.26. The molecule has 1 unspecified atom stereocenters. The maximum atomic E-state index is 12.1. The van der Waals surface area contributed by atoms with Crippen molar-refractivity contribution in [3.63, 3.8) is 0 Å². The summed E-state index contributed by atoms with van der Waals surface area (Å²) < 4.78 is 37.1. The van der Waals surface area contributed by atoms with E-state index in [4.69, 9.17) is 0 Å². The molecule has 7 heteroatoms. The standard InChI is InChI=1S/C9H7BrF3NOS/c10-7-3-4-5(1-2-6(4)16-7)14-8(15)9(11,12)13/h3,5H,1-2H2,(H,14,15). The number of nitrogens with one attached hydrogen (secondary N) is 1. The van der Waals surface area contributed by atoms with Gasteiger partial charge in [-0.2, -0.15) is 13.2 Å². The van der Waals surface area contributed by atoms with Crippen molar-refractivity contribution in [3.05, 3.63) is 20.3 Å². The number of rotatable bonds is 1. The maximum Gasteiger partial charge on any atom is 0.471 e. The maximum absolute atomic E-state index is 12.1. The molecule has 0 saturated carbocycles. The van der Waals surface area contributed by atoms with E-state index in [1.807, 2.05) is 5.32 Å². The van der Waals surface area contributed by atoms with Gasteiger partial charge in [-0.3, -0.25) is 4.79 Å². The number of halogens is 4. The second-order valence-electron chi connectivity index (χ2n) is 3.49. The molecule has 2 rings (SSSR count). The fraction of sp³-hybridized carbons (Fsp3) is 0.444. The van der Waals surface area contributed by atoms with Gasteiger partial charge in [-0.1, -0.05) is 0 Å². The van der Waals surface area contributed by atoms with E-state index in [1.54, 1.807) is 6.07 Å². The first-order valence-corrected chi connectivity index (χ1v) is 6.14. The largest absolute Gasteiger partial charge is 0.471 e. The highest BCUT2D eigenvalue weighted by molar-refractivity contribution is 9.11. The quantitative estimate of drug-likeness (QED) is 0.847. The first-order chi connectivity index (χ1) is 7.38. The van der Waals surface area contributed by atoms with Gasteiger partial charge in [0.15, 0.2) is 0 Å². The zero-order valence-electron chi connectivity index (χ0n) is 7.90. The summed E-state index contributed by atoms with van der Waals surface area (Å²) in [4.78, 5) is 11.8. The Labute approximate surface area is 102 Å². The minimum atomic E-state index is -4.81. The Morgan fingerprint density at radius 3 is 2.88 bits per heavy atom. The second-order valence-corrected chi connectivity index (χ2v) is 6.01. The smallest absolute Gasteiger partial charge is 0.341 e. The third-order valence-corrected chi connectivity index (χ3v) is 4.12. The predicted octanol–water partition coefficient (Wildman–Crippen LogP) is 3.18. The average Bonchev–Trinajstić information content (AvgIpc) is 2.65. The Morgan fingerprint density at radius 2 is 2.25 bits per heavy atom. The average molecular weight is 314 g/mol. The number of amides is 1. The number of hydrogen-bond acceptors (Lipinski definition) is 2. The van der Waals surface area contributed by atoms with E-state index in [1.165, 1.54) is 11.3 Å². The van der Waals surface area contributed by atoms with Crippen molar-refractivity contribution in [2.75, 3.05) is 0 Å². The lowest BCUT2D eigenvalue weighted by Gasteiger charge is -2.14. The van der Waals surface area contributed by atoms with Gasteiger partial charge in [0.2, 0.25) is 0 Å². The molecule has 88 valence electrons. The van der Waals surface area contributed by atoms with Crippen LogP contribution in [0.1, 0.15) is 22.9 Å². The van der Waals surface area contributed by atoms with Crippen LogP contribution in [0.3, 0.4) is 0 Å². The minimum absolute atomic E-state index is 0.508. The summed E-state index contributed by atoms with van der Waals surface area (Å²) in [5.74, 6) is -1.87. The summed E-state index contributed by atoms with van der Waals surface area (Å²) >= 11 is 4.77. The van der Waals surface area contributed by atoms with E-state index in [-0.39, 0.29) is 0 Å². The van der Waals surface area contributed by atoms with Gasteiger partial charge in [-0.25, -0.2) is 0 Å². The minimum Gasteiger partial charge on any atom is -0.341 e. The molecular formula is C9H7BrF3NOS. The molecule has 1 heterocycles. The molecule has 0 fully saturated rings. The number of carbonyl (C=O) groups excluding carboxylic acids is 1. The van der Waals surface area contributed by atoms with Crippen LogP contribution in [0.25, 0.3) is 0 Å². The van der Waals surface area contributed by atoms with Crippen molar-refractivity contribution in [2.45, 2.75) is 25.1 Å². The molecule has 0 radical (unpaired) electrons. The van der Waals surface area contributed by atoms with Crippen LogP contribution in [0.5, 0.6) is 0 Å². The normalized spacial score (nSPS) is 19.6. The van der Waals surface area contributed by atoms with Crippen LogP contribution in [0.2, 0.25) is 0 Å². The monoisotopic (exact) mass is 313 g/mol. The highest BCUT2D eigenvalue weighted by Crippen LogP contribution is 2.39. The van der Waals surface area contributed by atoms with Crippen LogP contribution < -0.4 is 5.32 Å². The molecule has 1 aliphatic rings. The Balaban J connectivity index is 2.11. The SMILES string of the molecule is O=C(NC1CCc2sc(Br)cc21)C(F)(F)F. The molecule has 0 aliphatic heterocycles. The molecule has 2 nitrogen and oxygen atoms in total. The third-order valence-electron chi connectivity index (χ3n) is 2.41. The number of carbonyl (C=O) groups is 1. The zero-order chi connectivity index (χ0) is 11.9. The highest BCUT2D eigenvalue weighted by atomic mass is 79.9.